The molecule has 0 aliphatic carbocycles. The molecule has 19 heavy (non-hydrogen) atoms. The lowest BCUT2D eigenvalue weighted by molar-refractivity contribution is 0.0698. The van der Waals surface area contributed by atoms with Gasteiger partial charge in [0, 0.05) is 6.04 Å². The zero-order valence-corrected chi connectivity index (χ0v) is 11.0. The topological polar surface area (TPSA) is 95.6 Å². The molecule has 6 heteroatoms. The number of aliphatic hydroxyl groups is 1. The van der Waals surface area contributed by atoms with Crippen LogP contribution in [0.4, 0.5) is 15.8 Å². The van der Waals surface area contributed by atoms with Crippen LogP contribution in [0.3, 0.4) is 0 Å². The van der Waals surface area contributed by atoms with Crippen molar-refractivity contribution in [1.29, 1.82) is 0 Å². The molecule has 5 nitrogen and oxygen atoms in total. The van der Waals surface area contributed by atoms with Crippen LogP contribution in [-0.4, -0.2) is 28.8 Å². The summed E-state index contributed by atoms with van der Waals surface area (Å²) < 4.78 is 13.3. The minimum atomic E-state index is -1.30. The molecule has 0 saturated heterocycles. The van der Waals surface area contributed by atoms with Crippen LogP contribution in [0.5, 0.6) is 0 Å². The fraction of sp³-hybridized carbons (Fsp3) is 0.462. The number of aliphatic hydroxyl groups excluding tert-OH is 1. The van der Waals surface area contributed by atoms with Gasteiger partial charge in [-0.1, -0.05) is 13.8 Å². The second-order valence-corrected chi connectivity index (χ2v) is 4.84. The van der Waals surface area contributed by atoms with Crippen molar-refractivity contribution in [1.82, 2.24) is 0 Å². The van der Waals surface area contributed by atoms with Gasteiger partial charge in [-0.3, -0.25) is 0 Å². The highest BCUT2D eigenvalue weighted by molar-refractivity contribution is 6.00. The Bertz CT molecular complexity index is 463. The van der Waals surface area contributed by atoms with E-state index < -0.39 is 17.5 Å². The predicted octanol–water partition coefficient (Wildman–Crippen LogP) is 1.92. The number of aromatic carboxylic acids is 1. The summed E-state index contributed by atoms with van der Waals surface area (Å²) >= 11 is 0. The summed E-state index contributed by atoms with van der Waals surface area (Å²) in [5.74, 6) is -1.75. The van der Waals surface area contributed by atoms with Crippen molar-refractivity contribution in [3.63, 3.8) is 0 Å². The smallest absolute Gasteiger partial charge is 0.340 e. The predicted molar refractivity (Wildman–Crippen MR) is 71.7 cm³/mol. The fourth-order valence-corrected chi connectivity index (χ4v) is 1.91. The third-order valence-corrected chi connectivity index (χ3v) is 2.74. The lowest BCUT2D eigenvalue weighted by Crippen LogP contribution is -2.27. The standard InChI is InChI=1S/C13H19FN2O3/c1-7(2)5-8(6-17)16-10-4-3-9(14)12(15)11(10)13(18)19/h3-4,7-8,16-17H,5-6,15H2,1-2H3,(H,18,19). The molecule has 0 aliphatic heterocycles. The van der Waals surface area contributed by atoms with E-state index in [-0.39, 0.29) is 23.9 Å². The van der Waals surface area contributed by atoms with Crippen molar-refractivity contribution in [2.24, 2.45) is 5.92 Å². The molecule has 0 amide bonds. The van der Waals surface area contributed by atoms with Crippen LogP contribution in [0, 0.1) is 11.7 Å². The molecule has 0 aromatic heterocycles. The lowest BCUT2D eigenvalue weighted by atomic mass is 10.0. The van der Waals surface area contributed by atoms with E-state index in [1.165, 1.54) is 6.07 Å². The molecule has 106 valence electrons. The number of carboxylic acid groups (broad SMARTS) is 1. The second kappa shape index (κ2) is 6.38. The Kier molecular flexibility index (Phi) is 5.11. The Balaban J connectivity index is 3.06. The van der Waals surface area contributed by atoms with Crippen LogP contribution in [0.2, 0.25) is 0 Å². The number of nitrogens with one attached hydrogen (secondary N) is 1. The van der Waals surface area contributed by atoms with Crippen molar-refractivity contribution < 1.29 is 19.4 Å². The maximum absolute atomic E-state index is 13.3. The molecular weight excluding hydrogens is 251 g/mol. The molecule has 1 aromatic carbocycles. The summed E-state index contributed by atoms with van der Waals surface area (Å²) in [5, 5.41) is 21.3. The first-order valence-electron chi connectivity index (χ1n) is 6.05. The Hall–Kier alpha value is -1.82. The molecule has 0 saturated carbocycles. The van der Waals surface area contributed by atoms with Gasteiger partial charge in [0.25, 0.3) is 0 Å². The van der Waals surface area contributed by atoms with E-state index in [4.69, 9.17) is 10.8 Å². The van der Waals surface area contributed by atoms with Gasteiger partial charge in [-0.2, -0.15) is 0 Å². The summed E-state index contributed by atoms with van der Waals surface area (Å²) in [6, 6.07) is 2.12. The molecule has 1 unspecified atom stereocenters. The zero-order chi connectivity index (χ0) is 14.6. The Morgan fingerprint density at radius 1 is 1.47 bits per heavy atom. The van der Waals surface area contributed by atoms with Crippen molar-refractivity contribution in [2.75, 3.05) is 17.7 Å². The second-order valence-electron chi connectivity index (χ2n) is 4.84. The maximum Gasteiger partial charge on any atom is 0.340 e. The van der Waals surface area contributed by atoms with Gasteiger partial charge >= 0.3 is 5.97 Å². The molecule has 0 aliphatic rings. The first-order chi connectivity index (χ1) is 8.86. The largest absolute Gasteiger partial charge is 0.478 e. The van der Waals surface area contributed by atoms with Gasteiger partial charge in [0.15, 0.2) is 0 Å². The van der Waals surface area contributed by atoms with Crippen LogP contribution in [-0.2, 0) is 0 Å². The minimum Gasteiger partial charge on any atom is -0.478 e. The molecule has 5 N–H and O–H groups in total. The molecule has 0 heterocycles. The van der Waals surface area contributed by atoms with Crippen LogP contribution in [0.25, 0.3) is 0 Å². The summed E-state index contributed by atoms with van der Waals surface area (Å²) in [6.45, 7) is 3.83. The van der Waals surface area contributed by atoms with E-state index in [0.717, 1.165) is 6.07 Å². The minimum absolute atomic E-state index is 0.144. The monoisotopic (exact) mass is 270 g/mol. The number of carbonyl (C=O) groups is 1. The molecule has 1 atom stereocenters. The van der Waals surface area contributed by atoms with Crippen LogP contribution in [0.1, 0.15) is 30.6 Å². The van der Waals surface area contributed by atoms with Crippen LogP contribution >= 0.6 is 0 Å². The molecule has 0 spiro atoms. The molecule has 1 aromatic rings. The Labute approximate surface area is 111 Å². The third kappa shape index (κ3) is 3.82. The summed E-state index contributed by atoms with van der Waals surface area (Å²) in [5.41, 5.74) is 4.95. The van der Waals surface area contributed by atoms with Gasteiger partial charge < -0.3 is 21.3 Å². The Morgan fingerprint density at radius 2 is 2.11 bits per heavy atom. The highest BCUT2D eigenvalue weighted by Gasteiger charge is 2.19. The van der Waals surface area contributed by atoms with Gasteiger partial charge in [-0.15, -0.1) is 0 Å². The highest BCUT2D eigenvalue weighted by atomic mass is 19.1. The molecule has 0 bridgehead atoms. The lowest BCUT2D eigenvalue weighted by Gasteiger charge is -2.21. The first-order valence-corrected chi connectivity index (χ1v) is 6.05. The van der Waals surface area contributed by atoms with Crippen LogP contribution in [0.15, 0.2) is 12.1 Å². The van der Waals surface area contributed by atoms with Gasteiger partial charge in [-0.05, 0) is 24.5 Å². The van der Waals surface area contributed by atoms with E-state index >= 15 is 0 Å². The number of nitrogens with two attached hydrogens (primary N) is 1. The number of nitrogen functional groups attached to an aromatic ring is 1. The van der Waals surface area contributed by atoms with Crippen molar-refractivity contribution >= 4 is 17.3 Å². The van der Waals surface area contributed by atoms with Crippen molar-refractivity contribution in [2.45, 2.75) is 26.3 Å². The van der Waals surface area contributed by atoms with E-state index in [0.29, 0.717) is 12.3 Å². The molecule has 0 fully saturated rings. The number of carboxylic acids is 1. The number of hydrogen-bond donors (Lipinski definition) is 4. The number of benzene rings is 1. The highest BCUT2D eigenvalue weighted by Crippen LogP contribution is 2.26. The van der Waals surface area contributed by atoms with Crippen molar-refractivity contribution in [3.05, 3.63) is 23.5 Å². The van der Waals surface area contributed by atoms with E-state index in [1.807, 2.05) is 13.8 Å². The maximum atomic E-state index is 13.3. The number of hydrogen-bond acceptors (Lipinski definition) is 4. The third-order valence-electron chi connectivity index (χ3n) is 2.74. The number of halogens is 1. The Morgan fingerprint density at radius 3 is 2.58 bits per heavy atom. The van der Waals surface area contributed by atoms with E-state index in [1.54, 1.807) is 0 Å². The summed E-state index contributed by atoms with van der Waals surface area (Å²) in [4.78, 5) is 11.1. The van der Waals surface area contributed by atoms with E-state index in [9.17, 15) is 14.3 Å². The normalized spacial score (nSPS) is 12.5. The molecule has 1 rings (SSSR count). The quantitative estimate of drug-likeness (QED) is 0.592. The molecule has 0 radical (unpaired) electrons. The van der Waals surface area contributed by atoms with Gasteiger partial charge in [0.1, 0.15) is 11.4 Å². The summed E-state index contributed by atoms with van der Waals surface area (Å²) in [7, 11) is 0. The van der Waals surface area contributed by atoms with Crippen molar-refractivity contribution in [3.8, 4) is 0 Å². The summed E-state index contributed by atoms with van der Waals surface area (Å²) in [6.07, 6.45) is 0.660. The van der Waals surface area contributed by atoms with E-state index in [2.05, 4.69) is 5.32 Å². The average Bonchev–Trinajstić information content (AvgIpc) is 2.32. The fourth-order valence-electron chi connectivity index (χ4n) is 1.91. The van der Waals surface area contributed by atoms with Gasteiger partial charge in [-0.25, -0.2) is 9.18 Å². The van der Waals surface area contributed by atoms with Gasteiger partial charge in [0.05, 0.1) is 18.0 Å². The molecular formula is C13H19FN2O3. The average molecular weight is 270 g/mol. The zero-order valence-electron chi connectivity index (χ0n) is 11.0. The van der Waals surface area contributed by atoms with Crippen LogP contribution < -0.4 is 11.1 Å². The number of anilines is 2. The number of rotatable bonds is 6. The van der Waals surface area contributed by atoms with Gasteiger partial charge in [0.2, 0.25) is 0 Å². The first kappa shape index (κ1) is 15.2. The SMILES string of the molecule is CC(C)CC(CO)Nc1ccc(F)c(N)c1C(=O)O.